The van der Waals surface area contributed by atoms with Crippen LogP contribution in [0, 0.1) is 11.6 Å². The van der Waals surface area contributed by atoms with Crippen LogP contribution in [0.5, 0.6) is 0 Å². The van der Waals surface area contributed by atoms with Gasteiger partial charge in [0.15, 0.2) is 17.3 Å². The Balaban J connectivity index is 1.63. The number of hydrogen-bond donors (Lipinski definition) is 3. The number of aromatic nitrogens is 3. The third kappa shape index (κ3) is 4.54. The molecular weight excluding hydrogens is 563 g/mol. The van der Waals surface area contributed by atoms with Gasteiger partial charge in [0, 0.05) is 92.6 Å². The lowest BCUT2D eigenvalue weighted by Crippen LogP contribution is -2.39. The smallest absolute Gasteiger partial charge is 0.341 e. The number of nitrogens with one attached hydrogen (secondary N) is 2. The highest BCUT2D eigenvalue weighted by Crippen LogP contribution is 2.51. The van der Waals surface area contributed by atoms with Crippen molar-refractivity contribution >= 4 is 28.4 Å². The Morgan fingerprint density at radius 1 is 1.16 bits per heavy atom. The normalized spacial score (nSPS) is 17.4. The zero-order chi connectivity index (χ0) is 30.8. The van der Waals surface area contributed by atoms with Gasteiger partial charge in [-0.3, -0.25) is 9.78 Å². The van der Waals surface area contributed by atoms with E-state index in [1.165, 1.54) is 16.9 Å². The highest BCUT2D eigenvalue weighted by atomic mass is 19.2. The summed E-state index contributed by atoms with van der Waals surface area (Å²) in [7, 11) is 6.76. The van der Waals surface area contributed by atoms with Crippen molar-refractivity contribution in [2.75, 3.05) is 63.5 Å². The van der Waals surface area contributed by atoms with E-state index in [9.17, 15) is 19.1 Å². The van der Waals surface area contributed by atoms with E-state index < -0.39 is 34.3 Å². The third-order valence-electron chi connectivity index (χ3n) is 8.17. The molecule has 1 fully saturated rings. The second-order valence-corrected chi connectivity index (χ2v) is 11.3. The number of anilines is 2. The highest BCUT2D eigenvalue weighted by Gasteiger charge is 2.42. The third-order valence-corrected chi connectivity index (χ3v) is 8.17. The minimum absolute atomic E-state index is 0.00345. The lowest BCUT2D eigenvalue weighted by atomic mass is 9.97. The molecule has 1 aromatic carbocycles. The molecule has 0 radical (unpaired) electrons. The standard InChI is InChI=1S/C30H30F3N7O3/c1-34-21-9-20(31)25(32)23-16(21)8-22-24(23)26(39-6-5-30(33,14-39)13-38(3)4)18(11-36-22)15-7-17-27(41)19(29(42)43)12-40(35-2)28(17)37-10-15/h7,9-12,34-35H,5-6,8,13-14H2,1-4H3,(H,42,43). The van der Waals surface area contributed by atoms with E-state index in [-0.39, 0.29) is 42.5 Å². The summed E-state index contributed by atoms with van der Waals surface area (Å²) in [5, 5.41) is 12.6. The minimum atomic E-state index is -1.56. The molecule has 10 nitrogen and oxygen atoms in total. The molecule has 1 unspecified atom stereocenters. The molecule has 4 aromatic rings. The van der Waals surface area contributed by atoms with Gasteiger partial charge in [-0.2, -0.15) is 0 Å². The van der Waals surface area contributed by atoms with Gasteiger partial charge in [0.05, 0.1) is 23.3 Å². The minimum Gasteiger partial charge on any atom is -0.477 e. The Bertz CT molecular complexity index is 1880. The van der Waals surface area contributed by atoms with E-state index in [4.69, 9.17) is 0 Å². The molecule has 0 bridgehead atoms. The summed E-state index contributed by atoms with van der Waals surface area (Å²) in [6.07, 6.45) is 4.68. The molecule has 1 aliphatic carbocycles. The van der Waals surface area contributed by atoms with Gasteiger partial charge in [0.25, 0.3) is 0 Å². The van der Waals surface area contributed by atoms with E-state index in [1.807, 2.05) is 4.90 Å². The summed E-state index contributed by atoms with van der Waals surface area (Å²) in [5.74, 6) is -3.44. The van der Waals surface area contributed by atoms with Crippen LogP contribution in [0.25, 0.3) is 33.3 Å². The number of alkyl halides is 1. The van der Waals surface area contributed by atoms with Gasteiger partial charge in [-0.1, -0.05) is 0 Å². The fourth-order valence-corrected chi connectivity index (χ4v) is 6.38. The number of carbonyl (C=O) groups is 1. The first-order valence-electron chi connectivity index (χ1n) is 13.7. The van der Waals surface area contributed by atoms with Crippen LogP contribution in [0.3, 0.4) is 0 Å². The molecule has 4 heterocycles. The molecule has 0 spiro atoms. The van der Waals surface area contributed by atoms with Crippen molar-refractivity contribution in [3.8, 4) is 22.3 Å². The first-order valence-corrected chi connectivity index (χ1v) is 13.7. The van der Waals surface area contributed by atoms with Crippen LogP contribution in [0.15, 0.2) is 35.5 Å². The first-order chi connectivity index (χ1) is 20.5. The fourth-order valence-electron chi connectivity index (χ4n) is 6.38. The van der Waals surface area contributed by atoms with Gasteiger partial charge in [-0.15, -0.1) is 0 Å². The molecule has 1 atom stereocenters. The SMILES string of the molecule is CNc1cc(F)c(F)c2c1Cc1ncc(-c3cnc4c(c3)c(=O)c(C(=O)O)cn4NC)c(N3CCC(F)(CN(C)C)C3)c1-2. The van der Waals surface area contributed by atoms with E-state index in [0.29, 0.717) is 45.9 Å². The Kier molecular flexibility index (Phi) is 6.79. The largest absolute Gasteiger partial charge is 0.477 e. The van der Waals surface area contributed by atoms with Gasteiger partial charge in [0.2, 0.25) is 5.43 Å². The lowest BCUT2D eigenvalue weighted by Gasteiger charge is -2.28. The average molecular weight is 594 g/mol. The number of carboxylic acids is 1. The van der Waals surface area contributed by atoms with Crippen LogP contribution in [0.1, 0.15) is 28.0 Å². The fraction of sp³-hybridized carbons (Fsp3) is 0.333. The highest BCUT2D eigenvalue weighted by molar-refractivity contribution is 5.98. The molecule has 3 aromatic heterocycles. The summed E-state index contributed by atoms with van der Waals surface area (Å²) in [6.45, 7) is 0.473. The second-order valence-electron chi connectivity index (χ2n) is 11.3. The number of fused-ring (bicyclic) bond motifs is 4. The van der Waals surface area contributed by atoms with Crippen LogP contribution >= 0.6 is 0 Å². The Morgan fingerprint density at radius 3 is 2.60 bits per heavy atom. The maximum absolute atomic E-state index is 16.0. The quantitative estimate of drug-likeness (QED) is 0.260. The van der Waals surface area contributed by atoms with Crippen LogP contribution in [0.2, 0.25) is 0 Å². The number of pyridine rings is 3. The van der Waals surface area contributed by atoms with Crippen molar-refractivity contribution in [3.63, 3.8) is 0 Å². The molecule has 1 saturated heterocycles. The molecular formula is C30H30F3N7O3. The van der Waals surface area contributed by atoms with Gasteiger partial charge in [-0.05, 0) is 25.7 Å². The van der Waals surface area contributed by atoms with Crippen molar-refractivity contribution in [2.45, 2.75) is 18.5 Å². The molecule has 1 aliphatic heterocycles. The Labute approximate surface area is 244 Å². The number of aromatic carboxylic acids is 1. The number of carboxylic acid groups (broad SMARTS) is 1. The average Bonchev–Trinajstić information content (AvgIpc) is 3.55. The molecule has 224 valence electrons. The number of nitrogens with zero attached hydrogens (tertiary/aromatic N) is 5. The summed E-state index contributed by atoms with van der Waals surface area (Å²) < 4.78 is 47.9. The van der Waals surface area contributed by atoms with Gasteiger partial charge in [-0.25, -0.2) is 27.6 Å². The van der Waals surface area contributed by atoms with Crippen molar-refractivity contribution in [2.24, 2.45) is 0 Å². The maximum atomic E-state index is 16.0. The van der Waals surface area contributed by atoms with E-state index in [1.54, 1.807) is 39.3 Å². The maximum Gasteiger partial charge on any atom is 0.341 e. The van der Waals surface area contributed by atoms with Crippen LogP contribution < -0.4 is 21.1 Å². The van der Waals surface area contributed by atoms with Gasteiger partial charge >= 0.3 is 5.97 Å². The summed E-state index contributed by atoms with van der Waals surface area (Å²) in [6, 6.07) is 2.62. The monoisotopic (exact) mass is 593 g/mol. The van der Waals surface area contributed by atoms with Crippen molar-refractivity contribution in [3.05, 3.63) is 69.4 Å². The molecule has 2 aliphatic rings. The van der Waals surface area contributed by atoms with E-state index in [0.717, 1.165) is 12.3 Å². The van der Waals surface area contributed by atoms with Crippen LogP contribution in [0.4, 0.5) is 24.5 Å². The Hall–Kier alpha value is -4.65. The molecule has 6 rings (SSSR count). The summed E-state index contributed by atoms with van der Waals surface area (Å²) >= 11 is 0. The zero-order valence-corrected chi connectivity index (χ0v) is 24.1. The number of rotatable bonds is 7. The molecule has 43 heavy (non-hydrogen) atoms. The van der Waals surface area contributed by atoms with E-state index >= 15 is 8.78 Å². The van der Waals surface area contributed by atoms with Crippen LogP contribution in [-0.2, 0) is 6.42 Å². The summed E-state index contributed by atoms with van der Waals surface area (Å²) in [5.41, 5.74) is 3.44. The lowest BCUT2D eigenvalue weighted by molar-refractivity contribution is 0.0695. The number of benzene rings is 1. The molecule has 0 saturated carbocycles. The summed E-state index contributed by atoms with van der Waals surface area (Å²) in [4.78, 5) is 37.7. The second kappa shape index (κ2) is 10.3. The van der Waals surface area contributed by atoms with Gasteiger partial charge in [0.1, 0.15) is 11.2 Å². The van der Waals surface area contributed by atoms with Gasteiger partial charge < -0.3 is 25.6 Å². The molecule has 3 N–H and O–H groups in total. The predicted molar refractivity (Wildman–Crippen MR) is 158 cm³/mol. The zero-order valence-electron chi connectivity index (χ0n) is 24.1. The van der Waals surface area contributed by atoms with Crippen molar-refractivity contribution in [1.29, 1.82) is 0 Å². The van der Waals surface area contributed by atoms with E-state index in [2.05, 4.69) is 20.7 Å². The molecule has 0 amide bonds. The van der Waals surface area contributed by atoms with Crippen molar-refractivity contribution < 1.29 is 23.1 Å². The first kappa shape index (κ1) is 28.5. The number of halogens is 3. The van der Waals surface area contributed by atoms with Crippen molar-refractivity contribution in [1.82, 2.24) is 19.5 Å². The number of hydrogen-bond acceptors (Lipinski definition) is 8. The van der Waals surface area contributed by atoms with Crippen LogP contribution in [-0.4, -0.2) is 84.1 Å². The molecule has 13 heteroatoms. The predicted octanol–water partition coefficient (Wildman–Crippen LogP) is 3.70. The Morgan fingerprint density at radius 2 is 1.93 bits per heavy atom. The topological polar surface area (TPSA) is 116 Å².